The zero-order chi connectivity index (χ0) is 15.7. The van der Waals surface area contributed by atoms with Gasteiger partial charge in [-0.1, -0.05) is 24.8 Å². The first-order valence-electron chi connectivity index (χ1n) is 7.23. The Labute approximate surface area is 127 Å². The number of hydrogen-bond acceptors (Lipinski definition) is 3. The van der Waals surface area contributed by atoms with Gasteiger partial charge in [0, 0.05) is 6.54 Å². The van der Waals surface area contributed by atoms with E-state index in [1.54, 1.807) is 6.08 Å². The number of alkyl carbamates (subject to hydrolysis) is 1. The highest BCUT2D eigenvalue weighted by molar-refractivity contribution is 5.67. The van der Waals surface area contributed by atoms with Gasteiger partial charge in [-0.05, 0) is 51.3 Å². The van der Waals surface area contributed by atoms with Crippen molar-refractivity contribution in [2.24, 2.45) is 0 Å². The Balaban J connectivity index is 2.12. The van der Waals surface area contributed by atoms with Gasteiger partial charge in [-0.25, -0.2) is 4.79 Å². The van der Waals surface area contributed by atoms with E-state index in [9.17, 15) is 4.79 Å². The molecule has 1 rings (SSSR count). The third-order valence-electron chi connectivity index (χ3n) is 2.60. The number of rotatable bonds is 7. The minimum absolute atomic E-state index is 0.373. The van der Waals surface area contributed by atoms with Crippen LogP contribution in [0.2, 0.25) is 0 Å². The number of amides is 1. The highest BCUT2D eigenvalue weighted by atomic mass is 16.6. The molecule has 0 saturated carbocycles. The molecule has 0 saturated heterocycles. The number of carbonyl (C=O) groups excluding carboxylic acids is 1. The SMILES string of the molecule is C=Cc1cccc(OCCCCNC(=O)OC(C)(C)C)c1. The molecule has 4 heteroatoms. The summed E-state index contributed by atoms with van der Waals surface area (Å²) in [5.74, 6) is 0.840. The largest absolute Gasteiger partial charge is 0.494 e. The summed E-state index contributed by atoms with van der Waals surface area (Å²) in [5, 5.41) is 2.73. The fourth-order valence-corrected chi connectivity index (χ4v) is 1.65. The van der Waals surface area contributed by atoms with Gasteiger partial charge in [0.25, 0.3) is 0 Å². The second kappa shape index (κ2) is 8.35. The molecule has 0 unspecified atom stereocenters. The summed E-state index contributed by atoms with van der Waals surface area (Å²) < 4.78 is 10.8. The summed E-state index contributed by atoms with van der Waals surface area (Å²) in [6, 6.07) is 7.79. The summed E-state index contributed by atoms with van der Waals surface area (Å²) in [6.07, 6.45) is 3.13. The van der Waals surface area contributed by atoms with E-state index in [2.05, 4.69) is 11.9 Å². The summed E-state index contributed by atoms with van der Waals surface area (Å²) in [6.45, 7) is 10.5. The van der Waals surface area contributed by atoms with Crippen molar-refractivity contribution in [2.75, 3.05) is 13.2 Å². The first-order chi connectivity index (χ1) is 9.90. The van der Waals surface area contributed by atoms with E-state index >= 15 is 0 Å². The fourth-order valence-electron chi connectivity index (χ4n) is 1.65. The van der Waals surface area contributed by atoms with Crippen molar-refractivity contribution in [3.05, 3.63) is 36.4 Å². The molecule has 0 radical (unpaired) electrons. The molecular weight excluding hydrogens is 266 g/mol. The standard InChI is InChI=1S/C17H25NO3/c1-5-14-9-8-10-15(13-14)20-12-7-6-11-18-16(19)21-17(2,3)4/h5,8-10,13H,1,6-7,11-12H2,2-4H3,(H,18,19). The second-order valence-corrected chi connectivity index (χ2v) is 5.76. The molecule has 1 aromatic carbocycles. The van der Waals surface area contributed by atoms with Gasteiger partial charge in [-0.15, -0.1) is 0 Å². The quantitative estimate of drug-likeness (QED) is 0.772. The minimum atomic E-state index is -0.455. The van der Waals surface area contributed by atoms with Gasteiger partial charge in [0.05, 0.1) is 6.61 Å². The number of ether oxygens (including phenoxy) is 2. The molecule has 4 nitrogen and oxygen atoms in total. The zero-order valence-electron chi connectivity index (χ0n) is 13.1. The number of benzene rings is 1. The normalized spacial score (nSPS) is 10.8. The van der Waals surface area contributed by atoms with E-state index in [0.717, 1.165) is 24.2 Å². The van der Waals surface area contributed by atoms with Gasteiger partial charge >= 0.3 is 6.09 Å². The van der Waals surface area contributed by atoms with Crippen LogP contribution < -0.4 is 10.1 Å². The van der Waals surface area contributed by atoms with Crippen molar-refractivity contribution in [2.45, 2.75) is 39.2 Å². The van der Waals surface area contributed by atoms with E-state index < -0.39 is 5.60 Å². The molecule has 0 heterocycles. The van der Waals surface area contributed by atoms with Gasteiger partial charge in [0.15, 0.2) is 0 Å². The molecule has 1 N–H and O–H groups in total. The van der Waals surface area contributed by atoms with Crippen LogP contribution in [-0.4, -0.2) is 24.8 Å². The molecule has 0 aliphatic rings. The molecule has 0 fully saturated rings. The molecule has 21 heavy (non-hydrogen) atoms. The predicted octanol–water partition coefficient (Wildman–Crippen LogP) is 4.01. The highest BCUT2D eigenvalue weighted by Crippen LogP contribution is 2.14. The summed E-state index contributed by atoms with van der Waals surface area (Å²) in [4.78, 5) is 11.4. The van der Waals surface area contributed by atoms with Crippen molar-refractivity contribution in [1.29, 1.82) is 0 Å². The molecular formula is C17H25NO3. The Bertz CT molecular complexity index is 463. The Kier molecular flexibility index (Phi) is 6.79. The average molecular weight is 291 g/mol. The first kappa shape index (κ1) is 17.1. The lowest BCUT2D eigenvalue weighted by Gasteiger charge is -2.19. The molecule has 0 atom stereocenters. The third kappa shape index (κ3) is 8.02. The zero-order valence-corrected chi connectivity index (χ0v) is 13.1. The van der Waals surface area contributed by atoms with E-state index in [1.165, 1.54) is 0 Å². The Hall–Kier alpha value is -1.97. The van der Waals surface area contributed by atoms with E-state index in [1.807, 2.05) is 45.0 Å². The van der Waals surface area contributed by atoms with Gasteiger partial charge in [-0.2, -0.15) is 0 Å². The minimum Gasteiger partial charge on any atom is -0.494 e. The maximum absolute atomic E-state index is 11.4. The van der Waals surface area contributed by atoms with E-state index in [0.29, 0.717) is 13.2 Å². The van der Waals surface area contributed by atoms with Crippen LogP contribution in [0.4, 0.5) is 4.79 Å². The Morgan fingerprint density at radius 1 is 1.33 bits per heavy atom. The van der Waals surface area contributed by atoms with Gasteiger partial charge in [-0.3, -0.25) is 0 Å². The van der Waals surface area contributed by atoms with Crippen LogP contribution in [0.3, 0.4) is 0 Å². The Morgan fingerprint density at radius 3 is 2.76 bits per heavy atom. The highest BCUT2D eigenvalue weighted by Gasteiger charge is 2.15. The number of hydrogen-bond donors (Lipinski definition) is 1. The van der Waals surface area contributed by atoms with Crippen LogP contribution >= 0.6 is 0 Å². The molecule has 0 bridgehead atoms. The van der Waals surface area contributed by atoms with Crippen LogP contribution in [0.1, 0.15) is 39.2 Å². The lowest BCUT2D eigenvalue weighted by Crippen LogP contribution is -2.33. The van der Waals surface area contributed by atoms with Crippen molar-refractivity contribution in [1.82, 2.24) is 5.32 Å². The monoisotopic (exact) mass is 291 g/mol. The van der Waals surface area contributed by atoms with Crippen molar-refractivity contribution in [3.63, 3.8) is 0 Å². The number of carbonyl (C=O) groups is 1. The van der Waals surface area contributed by atoms with E-state index in [4.69, 9.17) is 9.47 Å². The maximum Gasteiger partial charge on any atom is 0.407 e. The van der Waals surface area contributed by atoms with Crippen LogP contribution in [0, 0.1) is 0 Å². The molecule has 0 aliphatic heterocycles. The summed E-state index contributed by atoms with van der Waals surface area (Å²) >= 11 is 0. The first-order valence-corrected chi connectivity index (χ1v) is 7.23. The molecule has 116 valence electrons. The predicted molar refractivity (Wildman–Crippen MR) is 85.5 cm³/mol. The third-order valence-corrected chi connectivity index (χ3v) is 2.60. The van der Waals surface area contributed by atoms with Gasteiger partial charge in [0.1, 0.15) is 11.4 Å². The van der Waals surface area contributed by atoms with Crippen molar-refractivity contribution in [3.8, 4) is 5.75 Å². The molecule has 0 aliphatic carbocycles. The topological polar surface area (TPSA) is 47.6 Å². The summed E-state index contributed by atoms with van der Waals surface area (Å²) in [7, 11) is 0. The van der Waals surface area contributed by atoms with Crippen molar-refractivity contribution >= 4 is 12.2 Å². The van der Waals surface area contributed by atoms with Crippen LogP contribution in [0.15, 0.2) is 30.8 Å². The smallest absolute Gasteiger partial charge is 0.407 e. The maximum atomic E-state index is 11.4. The lowest BCUT2D eigenvalue weighted by molar-refractivity contribution is 0.0526. The average Bonchev–Trinajstić information content (AvgIpc) is 2.41. The van der Waals surface area contributed by atoms with Crippen LogP contribution in [0.25, 0.3) is 6.08 Å². The molecule has 0 spiro atoms. The molecule has 0 aromatic heterocycles. The van der Waals surface area contributed by atoms with E-state index in [-0.39, 0.29) is 6.09 Å². The van der Waals surface area contributed by atoms with Crippen LogP contribution in [0.5, 0.6) is 5.75 Å². The lowest BCUT2D eigenvalue weighted by atomic mass is 10.2. The van der Waals surface area contributed by atoms with Gasteiger partial charge in [0.2, 0.25) is 0 Å². The van der Waals surface area contributed by atoms with Gasteiger partial charge < -0.3 is 14.8 Å². The second-order valence-electron chi connectivity index (χ2n) is 5.76. The Morgan fingerprint density at radius 2 is 2.10 bits per heavy atom. The molecule has 1 amide bonds. The number of nitrogens with one attached hydrogen (secondary N) is 1. The van der Waals surface area contributed by atoms with Crippen LogP contribution in [-0.2, 0) is 4.74 Å². The van der Waals surface area contributed by atoms with Crippen molar-refractivity contribution < 1.29 is 14.3 Å². The fraction of sp³-hybridized carbons (Fsp3) is 0.471. The summed E-state index contributed by atoms with van der Waals surface area (Å²) in [5.41, 5.74) is 0.586. The number of unbranched alkanes of at least 4 members (excludes halogenated alkanes) is 1. The molecule has 1 aromatic rings.